The van der Waals surface area contributed by atoms with Gasteiger partial charge in [0.1, 0.15) is 16.5 Å². The van der Waals surface area contributed by atoms with E-state index in [9.17, 15) is 12.8 Å². The largest absolute Gasteiger partial charge is 0.392 e. The van der Waals surface area contributed by atoms with E-state index in [1.165, 1.54) is 18.3 Å². The van der Waals surface area contributed by atoms with Crippen molar-refractivity contribution in [2.75, 3.05) is 4.72 Å². The smallest absolute Gasteiger partial charge is 0.265 e. The van der Waals surface area contributed by atoms with E-state index in [4.69, 9.17) is 5.11 Å². The Morgan fingerprint density at radius 2 is 2.10 bits per heavy atom. The first-order chi connectivity index (χ1) is 9.83. The van der Waals surface area contributed by atoms with Crippen LogP contribution in [0, 0.1) is 12.7 Å². The van der Waals surface area contributed by atoms with Gasteiger partial charge in [-0.15, -0.1) is 0 Å². The molecular formula is C13H12BrFN2O3S. The molecule has 0 spiro atoms. The Labute approximate surface area is 130 Å². The number of aliphatic hydroxyl groups is 1. The van der Waals surface area contributed by atoms with Crippen LogP contribution in [0.2, 0.25) is 0 Å². The monoisotopic (exact) mass is 374 g/mol. The second kappa shape index (κ2) is 6.08. The summed E-state index contributed by atoms with van der Waals surface area (Å²) in [4.78, 5) is 3.42. The first-order valence-electron chi connectivity index (χ1n) is 5.88. The normalized spacial score (nSPS) is 11.4. The lowest BCUT2D eigenvalue weighted by atomic mass is 10.2. The highest BCUT2D eigenvalue weighted by Crippen LogP contribution is 2.22. The average molecular weight is 375 g/mol. The molecule has 0 aliphatic rings. The second-order valence-electron chi connectivity index (χ2n) is 4.35. The van der Waals surface area contributed by atoms with Gasteiger partial charge in [-0.2, -0.15) is 0 Å². The van der Waals surface area contributed by atoms with E-state index in [0.29, 0.717) is 5.56 Å². The minimum atomic E-state index is -4.08. The first-order valence-corrected chi connectivity index (χ1v) is 8.15. The minimum Gasteiger partial charge on any atom is -0.392 e. The van der Waals surface area contributed by atoms with Crippen LogP contribution in [0.5, 0.6) is 0 Å². The third kappa shape index (κ3) is 3.58. The lowest BCUT2D eigenvalue weighted by molar-refractivity contribution is 0.281. The number of benzene rings is 1. The molecule has 2 rings (SSSR count). The zero-order valence-corrected chi connectivity index (χ0v) is 13.4. The van der Waals surface area contributed by atoms with E-state index < -0.39 is 20.7 Å². The summed E-state index contributed by atoms with van der Waals surface area (Å²) in [7, 11) is -4.08. The number of sulfonamides is 1. The Balaban J connectivity index is 2.36. The third-order valence-corrected chi connectivity index (χ3v) is 4.97. The van der Waals surface area contributed by atoms with E-state index in [0.717, 1.165) is 22.2 Å². The molecule has 0 saturated heterocycles. The Kier molecular flexibility index (Phi) is 4.60. The average Bonchev–Trinajstić information content (AvgIpc) is 2.42. The second-order valence-corrected chi connectivity index (χ2v) is 6.85. The van der Waals surface area contributed by atoms with Gasteiger partial charge in [0.05, 0.1) is 6.61 Å². The molecule has 0 saturated carbocycles. The third-order valence-electron chi connectivity index (χ3n) is 2.75. The van der Waals surface area contributed by atoms with Gasteiger partial charge in [0.2, 0.25) is 0 Å². The Hall–Kier alpha value is -1.51. The fourth-order valence-corrected chi connectivity index (χ4v) is 2.93. The van der Waals surface area contributed by atoms with Crippen molar-refractivity contribution in [2.24, 2.45) is 0 Å². The van der Waals surface area contributed by atoms with Crippen molar-refractivity contribution in [3.05, 3.63) is 51.9 Å². The van der Waals surface area contributed by atoms with Gasteiger partial charge in [-0.25, -0.2) is 17.8 Å². The maximum Gasteiger partial charge on any atom is 0.265 e. The van der Waals surface area contributed by atoms with Crippen molar-refractivity contribution >= 4 is 31.8 Å². The highest BCUT2D eigenvalue weighted by atomic mass is 79.9. The summed E-state index contributed by atoms with van der Waals surface area (Å²) in [5.74, 6) is -0.829. The molecule has 1 aromatic heterocycles. The minimum absolute atomic E-state index is 0.0985. The van der Waals surface area contributed by atoms with Gasteiger partial charge >= 0.3 is 0 Å². The molecule has 0 fully saturated rings. The summed E-state index contributed by atoms with van der Waals surface area (Å²) in [5, 5.41) is 8.90. The Morgan fingerprint density at radius 3 is 2.67 bits per heavy atom. The van der Waals surface area contributed by atoms with Gasteiger partial charge in [0, 0.05) is 10.7 Å². The SMILES string of the molecule is Cc1cc(NS(=O)(=O)c2ccc(CO)cc2F)ncc1Br. The molecule has 0 radical (unpaired) electrons. The number of aliphatic hydroxyl groups excluding tert-OH is 1. The van der Waals surface area contributed by atoms with Gasteiger partial charge < -0.3 is 5.11 Å². The van der Waals surface area contributed by atoms with Crippen LogP contribution in [0.3, 0.4) is 0 Å². The van der Waals surface area contributed by atoms with Crippen LogP contribution in [0.1, 0.15) is 11.1 Å². The fourth-order valence-electron chi connectivity index (χ4n) is 1.65. The molecule has 0 bridgehead atoms. The summed E-state index contributed by atoms with van der Waals surface area (Å²) in [6, 6.07) is 4.96. The van der Waals surface area contributed by atoms with E-state index in [1.807, 2.05) is 0 Å². The molecule has 0 aliphatic carbocycles. The lowest BCUT2D eigenvalue weighted by Crippen LogP contribution is -2.15. The number of nitrogens with zero attached hydrogens (tertiary/aromatic N) is 1. The number of nitrogens with one attached hydrogen (secondary N) is 1. The topological polar surface area (TPSA) is 79.3 Å². The van der Waals surface area contributed by atoms with Crippen LogP contribution >= 0.6 is 15.9 Å². The quantitative estimate of drug-likeness (QED) is 0.861. The van der Waals surface area contributed by atoms with Crippen molar-refractivity contribution in [2.45, 2.75) is 18.4 Å². The van der Waals surface area contributed by atoms with Gasteiger partial charge in [-0.3, -0.25) is 4.72 Å². The van der Waals surface area contributed by atoms with Crippen LogP contribution in [0.4, 0.5) is 10.2 Å². The van der Waals surface area contributed by atoms with Crippen molar-refractivity contribution in [1.82, 2.24) is 4.98 Å². The number of anilines is 1. The zero-order valence-electron chi connectivity index (χ0n) is 11.0. The maximum absolute atomic E-state index is 13.8. The molecule has 0 atom stereocenters. The van der Waals surface area contributed by atoms with Crippen LogP contribution in [-0.4, -0.2) is 18.5 Å². The predicted octanol–water partition coefficient (Wildman–Crippen LogP) is 2.58. The summed E-state index contributed by atoms with van der Waals surface area (Å²) < 4.78 is 41.1. The molecule has 5 nitrogen and oxygen atoms in total. The van der Waals surface area contributed by atoms with Crippen LogP contribution < -0.4 is 4.72 Å². The molecule has 112 valence electrons. The van der Waals surface area contributed by atoms with Gasteiger partial charge in [-0.1, -0.05) is 6.07 Å². The van der Waals surface area contributed by atoms with Crippen LogP contribution in [-0.2, 0) is 16.6 Å². The number of aryl methyl sites for hydroxylation is 1. The molecular weight excluding hydrogens is 363 g/mol. The Bertz CT molecular complexity index is 781. The molecule has 21 heavy (non-hydrogen) atoms. The lowest BCUT2D eigenvalue weighted by Gasteiger charge is -2.10. The summed E-state index contributed by atoms with van der Waals surface area (Å²) in [6.07, 6.45) is 1.46. The highest BCUT2D eigenvalue weighted by molar-refractivity contribution is 9.10. The molecule has 2 N–H and O–H groups in total. The van der Waals surface area contributed by atoms with Crippen LogP contribution in [0.15, 0.2) is 39.8 Å². The van der Waals surface area contributed by atoms with E-state index in [1.54, 1.807) is 6.92 Å². The number of pyridine rings is 1. The molecule has 0 unspecified atom stereocenters. The van der Waals surface area contributed by atoms with E-state index >= 15 is 0 Å². The molecule has 0 amide bonds. The Morgan fingerprint density at radius 1 is 1.38 bits per heavy atom. The molecule has 2 aromatic rings. The summed E-state index contributed by atoms with van der Waals surface area (Å²) >= 11 is 3.26. The number of halogens is 2. The zero-order chi connectivity index (χ0) is 15.6. The molecule has 1 heterocycles. The molecule has 1 aromatic carbocycles. The van der Waals surface area contributed by atoms with Gasteiger partial charge in [0.25, 0.3) is 10.0 Å². The van der Waals surface area contributed by atoms with Crippen molar-refractivity contribution in [3.8, 4) is 0 Å². The van der Waals surface area contributed by atoms with Gasteiger partial charge in [-0.05, 0) is 52.2 Å². The van der Waals surface area contributed by atoms with Gasteiger partial charge in [0.15, 0.2) is 0 Å². The van der Waals surface area contributed by atoms with Crippen molar-refractivity contribution in [3.63, 3.8) is 0 Å². The van der Waals surface area contributed by atoms with Crippen LogP contribution in [0.25, 0.3) is 0 Å². The van der Waals surface area contributed by atoms with E-state index in [2.05, 4.69) is 25.6 Å². The number of aromatic nitrogens is 1. The molecule has 8 heteroatoms. The summed E-state index contributed by atoms with van der Waals surface area (Å²) in [5.41, 5.74) is 1.09. The van der Waals surface area contributed by atoms with Crippen molar-refractivity contribution in [1.29, 1.82) is 0 Å². The maximum atomic E-state index is 13.8. The summed E-state index contributed by atoms with van der Waals surface area (Å²) in [6.45, 7) is 1.42. The predicted molar refractivity (Wildman–Crippen MR) is 79.8 cm³/mol. The number of hydrogen-bond donors (Lipinski definition) is 2. The number of hydrogen-bond acceptors (Lipinski definition) is 4. The molecule has 0 aliphatic heterocycles. The highest BCUT2D eigenvalue weighted by Gasteiger charge is 2.20. The number of rotatable bonds is 4. The van der Waals surface area contributed by atoms with E-state index in [-0.39, 0.29) is 12.4 Å². The van der Waals surface area contributed by atoms with Crippen molar-refractivity contribution < 1.29 is 17.9 Å². The standard InChI is InChI=1S/C13H12BrFN2O3S/c1-8-4-13(16-6-10(8)14)17-21(19,20)12-3-2-9(7-18)5-11(12)15/h2-6,18H,7H2,1H3,(H,16,17). The first kappa shape index (κ1) is 15.9. The fraction of sp³-hybridized carbons (Fsp3) is 0.154.